The molecule has 0 saturated carbocycles. The zero-order valence-electron chi connectivity index (χ0n) is 18.8. The third-order valence-electron chi connectivity index (χ3n) is 6.05. The zero-order chi connectivity index (χ0) is 22.9. The van der Waals surface area contributed by atoms with Gasteiger partial charge in [0, 0.05) is 30.1 Å². The predicted molar refractivity (Wildman–Crippen MR) is 128 cm³/mol. The second-order valence-electron chi connectivity index (χ2n) is 8.76. The van der Waals surface area contributed by atoms with E-state index in [9.17, 15) is 13.2 Å². The molecule has 0 bridgehead atoms. The molecule has 1 fully saturated rings. The number of rotatable bonds is 4. The minimum Gasteiger partial charge on any atom is -0.495 e. The van der Waals surface area contributed by atoms with E-state index in [1.165, 1.54) is 17.5 Å². The van der Waals surface area contributed by atoms with Crippen molar-refractivity contribution < 1.29 is 17.9 Å². The number of amides is 1. The average molecular weight is 475 g/mol. The third-order valence-corrected chi connectivity index (χ3v) is 9.05. The van der Waals surface area contributed by atoms with Gasteiger partial charge in [0.15, 0.2) is 0 Å². The summed E-state index contributed by atoms with van der Waals surface area (Å²) in [5.74, 6) is 1.58. The van der Waals surface area contributed by atoms with Crippen LogP contribution in [-0.2, 0) is 10.0 Å². The lowest BCUT2D eigenvalue weighted by Gasteiger charge is -2.34. The highest BCUT2D eigenvalue weighted by Crippen LogP contribution is 2.36. The van der Waals surface area contributed by atoms with Gasteiger partial charge in [0.2, 0.25) is 10.0 Å². The van der Waals surface area contributed by atoms with Crippen LogP contribution in [0, 0.1) is 11.8 Å². The summed E-state index contributed by atoms with van der Waals surface area (Å²) in [6.07, 6.45) is 1.88. The number of para-hydroxylation sites is 1. The quantitative estimate of drug-likeness (QED) is 0.653. The molecule has 4 rings (SSSR count). The first-order valence-corrected chi connectivity index (χ1v) is 13.5. The second-order valence-corrected chi connectivity index (χ2v) is 11.8. The molecular weight excluding hydrogens is 444 g/mol. The summed E-state index contributed by atoms with van der Waals surface area (Å²) in [5.41, 5.74) is 1.23. The Morgan fingerprint density at radius 2 is 1.81 bits per heavy atom. The molecule has 8 heteroatoms. The molecule has 2 aromatic rings. The topological polar surface area (TPSA) is 66.9 Å². The number of anilines is 1. The van der Waals surface area contributed by atoms with Crippen molar-refractivity contribution in [1.29, 1.82) is 0 Å². The number of carbonyl (C=O) groups is 1. The van der Waals surface area contributed by atoms with Crippen LogP contribution in [0.3, 0.4) is 0 Å². The van der Waals surface area contributed by atoms with Crippen LogP contribution in [0.15, 0.2) is 52.3 Å². The van der Waals surface area contributed by atoms with Gasteiger partial charge < -0.3 is 9.64 Å². The minimum atomic E-state index is -3.79. The molecule has 0 spiro atoms. The number of carbonyl (C=O) groups excluding carboxylic acids is 1. The first kappa shape index (κ1) is 23.1. The van der Waals surface area contributed by atoms with Crippen molar-refractivity contribution in [2.45, 2.75) is 36.5 Å². The number of thioether (sulfide) groups is 1. The first-order chi connectivity index (χ1) is 15.3. The van der Waals surface area contributed by atoms with Gasteiger partial charge in [0.25, 0.3) is 5.91 Å². The van der Waals surface area contributed by atoms with E-state index in [2.05, 4.69) is 13.8 Å². The fourth-order valence-corrected chi connectivity index (χ4v) is 7.50. The molecule has 6 nitrogen and oxygen atoms in total. The fraction of sp³-hybridized carbons (Fsp3) is 0.458. The molecule has 2 atom stereocenters. The van der Waals surface area contributed by atoms with Crippen LogP contribution < -0.4 is 9.64 Å². The molecule has 2 aliphatic rings. The van der Waals surface area contributed by atoms with Crippen LogP contribution in [0.5, 0.6) is 5.75 Å². The number of nitrogens with zero attached hydrogens (tertiary/aromatic N) is 2. The SMILES string of the molecule is COc1ccc(C(=O)N2CCCSc3ccccc32)cc1S(=O)(=O)N1C[C@H](C)C[C@@H](C)C1. The second kappa shape index (κ2) is 9.45. The summed E-state index contributed by atoms with van der Waals surface area (Å²) in [6.45, 7) is 5.70. The van der Waals surface area contributed by atoms with Gasteiger partial charge in [-0.25, -0.2) is 8.42 Å². The molecule has 2 heterocycles. The van der Waals surface area contributed by atoms with Crippen LogP contribution in [-0.4, -0.2) is 51.1 Å². The normalized spacial score (nSPS) is 22.2. The Bertz CT molecular complexity index is 1090. The van der Waals surface area contributed by atoms with E-state index in [4.69, 9.17) is 4.74 Å². The number of sulfonamides is 1. The van der Waals surface area contributed by atoms with Gasteiger partial charge >= 0.3 is 0 Å². The van der Waals surface area contributed by atoms with E-state index >= 15 is 0 Å². The van der Waals surface area contributed by atoms with Crippen molar-refractivity contribution in [3.8, 4) is 5.75 Å². The molecule has 0 aromatic heterocycles. The molecule has 172 valence electrons. The van der Waals surface area contributed by atoms with Crippen molar-refractivity contribution in [3.63, 3.8) is 0 Å². The van der Waals surface area contributed by atoms with Gasteiger partial charge in [-0.2, -0.15) is 4.31 Å². The summed E-state index contributed by atoms with van der Waals surface area (Å²) in [4.78, 5) is 16.4. The molecule has 2 aromatic carbocycles. The highest BCUT2D eigenvalue weighted by atomic mass is 32.2. The number of piperidine rings is 1. The number of ether oxygens (including phenoxy) is 1. The standard InChI is InChI=1S/C24H30N2O4S2/c1-17-13-18(2)16-25(15-17)32(28,29)23-14-19(9-10-21(23)30-3)24(27)26-11-6-12-31-22-8-5-4-7-20(22)26/h4-5,7-10,14,17-18H,6,11-13,15-16H2,1-3H3/t17-,18-/m1/s1. The Morgan fingerprint density at radius 1 is 1.09 bits per heavy atom. The molecule has 0 unspecified atom stereocenters. The van der Waals surface area contributed by atoms with E-state index in [0.717, 1.165) is 29.2 Å². The summed E-state index contributed by atoms with van der Waals surface area (Å²) in [5, 5.41) is 0. The fourth-order valence-electron chi connectivity index (χ4n) is 4.65. The molecule has 0 aliphatic carbocycles. The zero-order valence-corrected chi connectivity index (χ0v) is 20.4. The molecule has 1 amide bonds. The third kappa shape index (κ3) is 4.54. The molecule has 0 radical (unpaired) electrons. The highest BCUT2D eigenvalue weighted by Gasteiger charge is 2.34. The van der Waals surface area contributed by atoms with Crippen molar-refractivity contribution >= 4 is 33.4 Å². The summed E-state index contributed by atoms with van der Waals surface area (Å²) < 4.78 is 34.1. The molecule has 1 saturated heterocycles. The molecular formula is C24H30N2O4S2. The van der Waals surface area contributed by atoms with Crippen LogP contribution in [0.4, 0.5) is 5.69 Å². The molecule has 0 N–H and O–H groups in total. The summed E-state index contributed by atoms with van der Waals surface area (Å²) in [6, 6.07) is 12.6. The maximum atomic E-state index is 13.6. The maximum absolute atomic E-state index is 13.6. The molecule has 32 heavy (non-hydrogen) atoms. The summed E-state index contributed by atoms with van der Waals surface area (Å²) >= 11 is 1.74. The minimum absolute atomic E-state index is 0.0598. The van der Waals surface area contributed by atoms with Crippen LogP contribution in [0.1, 0.15) is 37.0 Å². The van der Waals surface area contributed by atoms with Crippen LogP contribution >= 0.6 is 11.8 Å². The van der Waals surface area contributed by atoms with Crippen molar-refractivity contribution in [1.82, 2.24) is 4.31 Å². The number of fused-ring (bicyclic) bond motifs is 1. The Morgan fingerprint density at radius 3 is 2.53 bits per heavy atom. The van der Waals surface area contributed by atoms with E-state index < -0.39 is 10.0 Å². The highest BCUT2D eigenvalue weighted by molar-refractivity contribution is 7.99. The number of methoxy groups -OCH3 is 1. The number of hydrogen-bond acceptors (Lipinski definition) is 5. The molecule has 2 aliphatic heterocycles. The van der Waals surface area contributed by atoms with Gasteiger partial charge in [0.1, 0.15) is 10.6 Å². The number of benzene rings is 2. The smallest absolute Gasteiger partial charge is 0.258 e. The monoisotopic (exact) mass is 474 g/mol. The lowest BCUT2D eigenvalue weighted by molar-refractivity contribution is 0.0986. The van der Waals surface area contributed by atoms with Crippen LogP contribution in [0.2, 0.25) is 0 Å². The Labute approximate surface area is 195 Å². The average Bonchev–Trinajstić information content (AvgIpc) is 3.00. The van der Waals surface area contributed by atoms with Gasteiger partial charge in [-0.15, -0.1) is 11.8 Å². The van der Waals surface area contributed by atoms with Gasteiger partial charge in [-0.1, -0.05) is 26.0 Å². The number of hydrogen-bond donors (Lipinski definition) is 0. The van der Waals surface area contributed by atoms with Gasteiger partial charge in [-0.05, 0) is 60.8 Å². The maximum Gasteiger partial charge on any atom is 0.258 e. The van der Waals surface area contributed by atoms with Crippen molar-refractivity contribution in [2.24, 2.45) is 11.8 Å². The lowest BCUT2D eigenvalue weighted by Crippen LogP contribution is -2.42. The lowest BCUT2D eigenvalue weighted by atomic mass is 9.94. The van der Waals surface area contributed by atoms with E-state index in [0.29, 0.717) is 25.2 Å². The largest absolute Gasteiger partial charge is 0.495 e. The van der Waals surface area contributed by atoms with Crippen molar-refractivity contribution in [3.05, 3.63) is 48.0 Å². The van der Waals surface area contributed by atoms with E-state index in [-0.39, 0.29) is 28.4 Å². The van der Waals surface area contributed by atoms with E-state index in [1.807, 2.05) is 24.3 Å². The Hall–Kier alpha value is -2.03. The van der Waals surface area contributed by atoms with Crippen molar-refractivity contribution in [2.75, 3.05) is 37.4 Å². The Balaban J connectivity index is 1.72. The van der Waals surface area contributed by atoms with Gasteiger partial charge in [0.05, 0.1) is 12.8 Å². The van der Waals surface area contributed by atoms with Crippen LogP contribution in [0.25, 0.3) is 0 Å². The van der Waals surface area contributed by atoms with Gasteiger partial charge in [-0.3, -0.25) is 4.79 Å². The Kier molecular flexibility index (Phi) is 6.83. The first-order valence-electron chi connectivity index (χ1n) is 11.0. The predicted octanol–water partition coefficient (Wildman–Crippen LogP) is 4.50. The summed E-state index contributed by atoms with van der Waals surface area (Å²) in [7, 11) is -2.33. The van der Waals surface area contributed by atoms with E-state index in [1.54, 1.807) is 28.8 Å².